The fraction of sp³-hybridized carbons (Fsp3) is 0.100. The lowest BCUT2D eigenvalue weighted by molar-refractivity contribution is -0.380. The smallest absolute Gasteiger partial charge is 0.301 e. The molecule has 0 saturated heterocycles. The average Bonchev–Trinajstić information content (AvgIpc) is 3.22. The Labute approximate surface area is 191 Å². The summed E-state index contributed by atoms with van der Waals surface area (Å²) in [6.45, 7) is -0.115. The maximum absolute atomic E-state index is 14.3. The lowest BCUT2D eigenvalue weighted by Gasteiger charge is -2.11. The van der Waals surface area contributed by atoms with Crippen molar-refractivity contribution in [1.29, 1.82) is 0 Å². The molecule has 1 amide bonds. The first-order valence-electron chi connectivity index (χ1n) is 9.14. The Balaban J connectivity index is 1.67. The van der Waals surface area contributed by atoms with Crippen molar-refractivity contribution in [3.8, 4) is 0 Å². The lowest BCUT2D eigenvalue weighted by atomic mass is 10.1. The number of hydrogen-bond acceptors (Lipinski definition) is 7. The van der Waals surface area contributed by atoms with E-state index in [9.17, 15) is 24.1 Å². The molecule has 0 aliphatic heterocycles. The second-order valence-electron chi connectivity index (χ2n) is 6.68. The van der Waals surface area contributed by atoms with Crippen molar-refractivity contribution in [2.45, 2.75) is 13.0 Å². The van der Waals surface area contributed by atoms with E-state index < -0.39 is 22.2 Å². The molecule has 4 rings (SSSR count). The Morgan fingerprint density at radius 1 is 1.25 bits per heavy atom. The van der Waals surface area contributed by atoms with Crippen molar-refractivity contribution in [3.05, 3.63) is 90.7 Å². The number of nitrogens with one attached hydrogen (secondary N) is 1. The maximum atomic E-state index is 14.3. The van der Waals surface area contributed by atoms with E-state index in [1.54, 1.807) is 36.4 Å². The second-order valence-corrected chi connectivity index (χ2v) is 8.60. The minimum absolute atomic E-state index is 0.0799. The quantitative estimate of drug-likeness (QED) is 0.306. The van der Waals surface area contributed by atoms with E-state index in [4.69, 9.17) is 0 Å². The third-order valence-electron chi connectivity index (χ3n) is 4.53. The summed E-state index contributed by atoms with van der Waals surface area (Å²) in [5, 5.41) is 18.3. The van der Waals surface area contributed by atoms with Gasteiger partial charge in [0.1, 0.15) is 12.0 Å². The Hall–Kier alpha value is -3.51. The van der Waals surface area contributed by atoms with E-state index in [2.05, 4.69) is 31.3 Å². The van der Waals surface area contributed by atoms with Crippen molar-refractivity contribution in [3.63, 3.8) is 0 Å². The number of nitrogens with zero attached hydrogens (tertiary/aromatic N) is 4. The topological polar surface area (TPSA) is 120 Å². The molecule has 1 N–H and O–H groups in total. The van der Waals surface area contributed by atoms with Gasteiger partial charge in [-0.15, -0.1) is 0 Å². The summed E-state index contributed by atoms with van der Waals surface area (Å²) in [7, 11) is 0. The van der Waals surface area contributed by atoms with Gasteiger partial charge in [-0.3, -0.25) is 19.7 Å². The molecule has 0 fully saturated rings. The van der Waals surface area contributed by atoms with Crippen LogP contribution in [0.4, 0.5) is 14.5 Å². The predicted octanol–water partition coefficient (Wildman–Crippen LogP) is 3.89. The summed E-state index contributed by atoms with van der Waals surface area (Å²) in [4.78, 5) is 39.4. The van der Waals surface area contributed by atoms with Crippen LogP contribution >= 0.6 is 27.3 Å². The molecule has 0 unspecified atom stereocenters. The van der Waals surface area contributed by atoms with Gasteiger partial charge in [-0.25, -0.2) is 14.1 Å². The molecule has 2 heterocycles. The molecule has 4 aromatic rings. The van der Waals surface area contributed by atoms with Crippen LogP contribution < -0.4 is 10.9 Å². The monoisotopic (exact) mass is 517 g/mol. The van der Waals surface area contributed by atoms with Crippen LogP contribution in [0.5, 0.6) is 0 Å². The number of thiazole rings is 1. The van der Waals surface area contributed by atoms with Crippen molar-refractivity contribution >= 4 is 54.1 Å². The molecule has 0 aliphatic rings. The van der Waals surface area contributed by atoms with Crippen LogP contribution in [-0.4, -0.2) is 25.6 Å². The highest BCUT2D eigenvalue weighted by Gasteiger charge is 2.17. The molecular formula is C20H13BrFN5O4S. The summed E-state index contributed by atoms with van der Waals surface area (Å²) < 4.78 is 16.0. The highest BCUT2D eigenvalue weighted by atomic mass is 79.9. The van der Waals surface area contributed by atoms with Crippen LogP contribution in [0.2, 0.25) is 0 Å². The zero-order valence-corrected chi connectivity index (χ0v) is 18.5. The van der Waals surface area contributed by atoms with Crippen LogP contribution in [0, 0.1) is 15.9 Å². The number of anilines is 1. The number of rotatable bonds is 6. The summed E-state index contributed by atoms with van der Waals surface area (Å²) in [5.74, 6) is -1.00. The molecule has 0 atom stereocenters. The van der Waals surface area contributed by atoms with E-state index >= 15 is 0 Å². The number of aromatic nitrogens is 3. The van der Waals surface area contributed by atoms with E-state index in [0.29, 0.717) is 20.9 Å². The molecule has 162 valence electrons. The van der Waals surface area contributed by atoms with E-state index in [0.717, 1.165) is 22.2 Å². The van der Waals surface area contributed by atoms with Gasteiger partial charge < -0.3 is 5.32 Å². The zero-order chi connectivity index (χ0) is 22.8. The van der Waals surface area contributed by atoms with Crippen molar-refractivity contribution < 1.29 is 14.1 Å². The molecule has 0 radical (unpaired) electrons. The molecule has 0 saturated carbocycles. The van der Waals surface area contributed by atoms with Gasteiger partial charge in [0.15, 0.2) is 5.13 Å². The fourth-order valence-electron chi connectivity index (χ4n) is 3.08. The van der Waals surface area contributed by atoms with Crippen LogP contribution in [-0.2, 0) is 17.8 Å². The first-order valence-corrected chi connectivity index (χ1v) is 10.8. The van der Waals surface area contributed by atoms with Crippen molar-refractivity contribution in [2.75, 3.05) is 5.32 Å². The van der Waals surface area contributed by atoms with Gasteiger partial charge in [-0.1, -0.05) is 40.2 Å². The Morgan fingerprint density at radius 3 is 2.69 bits per heavy atom. The Bertz CT molecular complexity index is 1420. The van der Waals surface area contributed by atoms with Gasteiger partial charge in [0, 0.05) is 15.4 Å². The molecule has 32 heavy (non-hydrogen) atoms. The summed E-state index contributed by atoms with van der Waals surface area (Å²) >= 11 is 3.92. The van der Waals surface area contributed by atoms with E-state index in [1.165, 1.54) is 6.07 Å². The fourth-order valence-corrected chi connectivity index (χ4v) is 4.06. The zero-order valence-electron chi connectivity index (χ0n) is 16.1. The lowest BCUT2D eigenvalue weighted by Crippen LogP contribution is -2.27. The number of fused-ring (bicyclic) bond motifs is 1. The third kappa shape index (κ3) is 4.55. The predicted molar refractivity (Wildman–Crippen MR) is 120 cm³/mol. The van der Waals surface area contributed by atoms with Crippen LogP contribution in [0.25, 0.3) is 10.8 Å². The number of carbonyl (C=O) groups is 1. The molecule has 12 heteroatoms. The summed E-state index contributed by atoms with van der Waals surface area (Å²) in [5.41, 5.74) is 0.160. The minimum Gasteiger partial charge on any atom is -0.301 e. The number of benzene rings is 2. The van der Waals surface area contributed by atoms with Gasteiger partial charge in [0.2, 0.25) is 5.91 Å². The van der Waals surface area contributed by atoms with Crippen LogP contribution in [0.15, 0.2) is 57.9 Å². The maximum Gasteiger partial charge on any atom is 0.345 e. The van der Waals surface area contributed by atoms with Crippen LogP contribution in [0.1, 0.15) is 11.3 Å². The third-order valence-corrected chi connectivity index (χ3v) is 5.88. The van der Waals surface area contributed by atoms with Gasteiger partial charge in [-0.05, 0) is 29.5 Å². The number of hydrogen-bond donors (Lipinski definition) is 1. The van der Waals surface area contributed by atoms with Gasteiger partial charge in [-0.2, -0.15) is 5.10 Å². The molecule has 0 bridgehead atoms. The minimum atomic E-state index is -0.598. The number of amides is 1. The largest absolute Gasteiger partial charge is 0.345 e. The Kier molecular flexibility index (Phi) is 6.06. The first-order chi connectivity index (χ1) is 15.3. The molecule has 2 aromatic carbocycles. The second kappa shape index (κ2) is 8.93. The number of nitro groups is 1. The van der Waals surface area contributed by atoms with Crippen molar-refractivity contribution in [2.24, 2.45) is 0 Å². The number of halogens is 2. The molecule has 2 aromatic heterocycles. The highest BCUT2D eigenvalue weighted by Crippen LogP contribution is 2.25. The van der Waals surface area contributed by atoms with E-state index in [1.807, 2.05) is 0 Å². The molecule has 9 nitrogen and oxygen atoms in total. The SMILES string of the molecule is O=C(Cc1nn(Cc2ccc(Br)cc2F)c(=O)c2ccccc12)Nc1ncc([N+](=O)[O-])s1. The van der Waals surface area contributed by atoms with Crippen LogP contribution in [0.3, 0.4) is 0 Å². The molecule has 0 aliphatic carbocycles. The normalized spacial score (nSPS) is 10.9. The van der Waals surface area contributed by atoms with E-state index in [-0.39, 0.29) is 28.7 Å². The standard InChI is InChI=1S/C20H13BrFN5O4S/c21-12-6-5-11(15(22)7-12)10-26-19(29)14-4-2-1-3-13(14)16(25-26)8-17(28)24-20-23-9-18(32-20)27(30)31/h1-7,9H,8,10H2,(H,23,24,28). The number of carbonyl (C=O) groups excluding carboxylic acids is 1. The van der Waals surface area contributed by atoms with Gasteiger partial charge in [0.05, 0.1) is 29.0 Å². The molecule has 0 spiro atoms. The first kappa shape index (κ1) is 21.7. The van der Waals surface area contributed by atoms with Gasteiger partial charge >= 0.3 is 5.00 Å². The van der Waals surface area contributed by atoms with Gasteiger partial charge in [0.25, 0.3) is 5.56 Å². The average molecular weight is 518 g/mol. The summed E-state index contributed by atoms with van der Waals surface area (Å²) in [6.07, 6.45) is 0.845. The molecular weight excluding hydrogens is 505 g/mol. The van der Waals surface area contributed by atoms with Crippen molar-refractivity contribution in [1.82, 2.24) is 14.8 Å². The Morgan fingerprint density at radius 2 is 2.00 bits per heavy atom. The summed E-state index contributed by atoms with van der Waals surface area (Å²) in [6, 6.07) is 11.2. The highest BCUT2D eigenvalue weighted by molar-refractivity contribution is 9.10.